The molecule has 4 N–H and O–H groups in total. The molecule has 150 valence electrons. The Morgan fingerprint density at radius 2 is 1.19 bits per heavy atom. The average molecular weight is 413 g/mol. The minimum atomic E-state index is -1.05. The first-order valence-electron chi connectivity index (χ1n) is 7.97. The number of thioether (sulfide) groups is 2. The lowest BCUT2D eigenvalue weighted by molar-refractivity contribution is -0.141. The number of amides is 2. The molecule has 2 atom stereocenters. The van der Waals surface area contributed by atoms with Crippen molar-refractivity contribution < 1.29 is 29.4 Å². The van der Waals surface area contributed by atoms with E-state index in [1.54, 1.807) is 0 Å². The Labute approximate surface area is 161 Å². The van der Waals surface area contributed by atoms with Gasteiger partial charge in [-0.15, -0.1) is 0 Å². The van der Waals surface area contributed by atoms with Crippen LogP contribution in [-0.2, 0) is 19.2 Å². The Balaban J connectivity index is 3.90. The largest absolute Gasteiger partial charge is 0.480 e. The van der Waals surface area contributed by atoms with E-state index in [1.807, 2.05) is 7.05 Å². The van der Waals surface area contributed by atoms with Gasteiger partial charge in [0.1, 0.15) is 12.1 Å². The molecule has 0 spiro atoms. The number of hydrogen-bond donors (Lipinski definition) is 4. The number of rotatable bonds is 14. The van der Waals surface area contributed by atoms with E-state index in [0.717, 1.165) is 13.1 Å². The maximum Gasteiger partial charge on any atom is 0.327 e. The van der Waals surface area contributed by atoms with Gasteiger partial charge in [0.05, 0.1) is 0 Å². The number of aliphatic carboxylic acids is 2. The van der Waals surface area contributed by atoms with E-state index >= 15 is 0 Å². The highest BCUT2D eigenvalue weighted by Crippen LogP contribution is 2.07. The van der Waals surface area contributed by atoms with Crippen LogP contribution < -0.4 is 10.6 Å². The van der Waals surface area contributed by atoms with Crippen molar-refractivity contribution in [2.24, 2.45) is 0 Å². The van der Waals surface area contributed by atoms with Gasteiger partial charge in [0.15, 0.2) is 0 Å². The summed E-state index contributed by atoms with van der Waals surface area (Å²) in [4.78, 5) is 45.9. The summed E-state index contributed by atoms with van der Waals surface area (Å²) in [6.45, 7) is 4.05. The smallest absolute Gasteiger partial charge is 0.327 e. The molecule has 26 heavy (non-hydrogen) atoms. The summed E-state index contributed by atoms with van der Waals surface area (Å²) in [6.07, 6.45) is 0. The summed E-state index contributed by atoms with van der Waals surface area (Å²) in [6, 6.07) is -1.78. The normalized spacial score (nSPS) is 13.1. The molecule has 0 bridgehead atoms. The number of carbonyl (C=O) groups is 4. The molecule has 0 fully saturated rings. The van der Waals surface area contributed by atoms with Crippen molar-refractivity contribution >= 4 is 47.3 Å². The van der Waals surface area contributed by atoms with Gasteiger partial charge in [-0.1, -0.05) is 0 Å². The van der Waals surface area contributed by atoms with E-state index in [0.29, 0.717) is 23.0 Å². The van der Waals surface area contributed by atoms with Crippen molar-refractivity contribution in [3.05, 3.63) is 0 Å². The highest BCUT2D eigenvalue weighted by molar-refractivity contribution is 7.99. The fraction of sp³-hybridized carbons (Fsp3) is 0.733. The molecule has 0 radical (unpaired) electrons. The highest BCUT2D eigenvalue weighted by Gasteiger charge is 2.19. The zero-order valence-corrected chi connectivity index (χ0v) is 16.8. The molecular formula is C15H27N3O6S2. The van der Waals surface area contributed by atoms with Crippen LogP contribution in [0.2, 0.25) is 0 Å². The number of hydrogen-bond acceptors (Lipinski definition) is 7. The highest BCUT2D eigenvalue weighted by atomic mass is 32.2. The number of nitrogens with zero attached hydrogens (tertiary/aromatic N) is 1. The second-order valence-electron chi connectivity index (χ2n) is 5.64. The quantitative estimate of drug-likeness (QED) is 0.221. The zero-order valence-electron chi connectivity index (χ0n) is 15.2. The van der Waals surface area contributed by atoms with Crippen LogP contribution in [0.25, 0.3) is 0 Å². The predicted molar refractivity (Wildman–Crippen MR) is 103 cm³/mol. The van der Waals surface area contributed by atoms with Crippen molar-refractivity contribution in [3.8, 4) is 0 Å². The van der Waals surface area contributed by atoms with Crippen LogP contribution in [0.4, 0.5) is 0 Å². The maximum absolute atomic E-state index is 11.0. The summed E-state index contributed by atoms with van der Waals surface area (Å²) in [5, 5.41) is 22.8. The van der Waals surface area contributed by atoms with Crippen LogP contribution in [0.3, 0.4) is 0 Å². The average Bonchev–Trinajstić information content (AvgIpc) is 2.52. The van der Waals surface area contributed by atoms with Gasteiger partial charge >= 0.3 is 11.9 Å². The maximum atomic E-state index is 11.0. The summed E-state index contributed by atoms with van der Waals surface area (Å²) in [7, 11) is 1.92. The second-order valence-corrected chi connectivity index (χ2v) is 7.94. The molecule has 0 aliphatic carbocycles. The van der Waals surface area contributed by atoms with Crippen molar-refractivity contribution in [1.82, 2.24) is 15.5 Å². The number of carbonyl (C=O) groups excluding carboxylic acids is 2. The molecule has 9 nitrogen and oxygen atoms in total. The van der Waals surface area contributed by atoms with Gasteiger partial charge in [-0.05, 0) is 7.05 Å². The summed E-state index contributed by atoms with van der Waals surface area (Å²) in [5.74, 6) is -0.808. The van der Waals surface area contributed by atoms with Crippen LogP contribution in [-0.4, -0.2) is 94.1 Å². The van der Waals surface area contributed by atoms with Gasteiger partial charge in [-0.25, -0.2) is 9.59 Å². The third-order valence-electron chi connectivity index (χ3n) is 3.15. The summed E-state index contributed by atoms with van der Waals surface area (Å²) < 4.78 is 0. The van der Waals surface area contributed by atoms with Crippen molar-refractivity contribution in [1.29, 1.82) is 0 Å². The molecule has 0 unspecified atom stereocenters. The third-order valence-corrected chi connectivity index (χ3v) is 5.24. The Kier molecular flexibility index (Phi) is 12.9. The van der Waals surface area contributed by atoms with Gasteiger partial charge in [0.25, 0.3) is 0 Å². The third kappa shape index (κ3) is 12.8. The molecule has 0 aromatic heterocycles. The van der Waals surface area contributed by atoms with Crippen LogP contribution in [0, 0.1) is 0 Å². The first kappa shape index (κ1) is 24.5. The first-order valence-corrected chi connectivity index (χ1v) is 10.3. The summed E-state index contributed by atoms with van der Waals surface area (Å²) >= 11 is 2.89. The summed E-state index contributed by atoms with van der Waals surface area (Å²) in [5.41, 5.74) is 0. The number of carboxylic acids is 2. The minimum Gasteiger partial charge on any atom is -0.480 e. The lowest BCUT2D eigenvalue weighted by atomic mass is 10.3. The zero-order chi connectivity index (χ0) is 20.1. The van der Waals surface area contributed by atoms with Crippen molar-refractivity contribution in [2.45, 2.75) is 25.9 Å². The Morgan fingerprint density at radius 3 is 1.46 bits per heavy atom. The first-order chi connectivity index (χ1) is 12.1. The van der Waals surface area contributed by atoms with E-state index < -0.39 is 24.0 Å². The van der Waals surface area contributed by atoms with Gasteiger partial charge in [-0.2, -0.15) is 23.5 Å². The molecule has 0 rings (SSSR count). The molecule has 0 aromatic carbocycles. The fourth-order valence-corrected chi connectivity index (χ4v) is 3.93. The van der Waals surface area contributed by atoms with Crippen molar-refractivity contribution in [3.63, 3.8) is 0 Å². The van der Waals surface area contributed by atoms with Gasteiger partial charge < -0.3 is 25.7 Å². The Bertz CT molecular complexity index is 450. The number of nitrogens with one attached hydrogen (secondary N) is 2. The van der Waals surface area contributed by atoms with Crippen LogP contribution in [0.5, 0.6) is 0 Å². The Hall–Kier alpha value is -1.46. The Morgan fingerprint density at radius 1 is 0.846 bits per heavy atom. The van der Waals surface area contributed by atoms with Crippen LogP contribution >= 0.6 is 23.5 Å². The van der Waals surface area contributed by atoms with Crippen LogP contribution in [0.15, 0.2) is 0 Å². The minimum absolute atomic E-state index is 0.300. The molecule has 0 heterocycles. The monoisotopic (exact) mass is 413 g/mol. The van der Waals surface area contributed by atoms with Crippen molar-refractivity contribution in [2.75, 3.05) is 43.1 Å². The lowest BCUT2D eigenvalue weighted by Gasteiger charge is -2.18. The molecule has 0 saturated carbocycles. The van der Waals surface area contributed by atoms with Gasteiger partial charge in [0, 0.05) is 49.9 Å². The molecular weight excluding hydrogens is 386 g/mol. The van der Waals surface area contributed by atoms with Gasteiger partial charge in [0.2, 0.25) is 11.8 Å². The second kappa shape index (κ2) is 13.7. The van der Waals surface area contributed by atoms with E-state index in [-0.39, 0.29) is 11.8 Å². The van der Waals surface area contributed by atoms with Gasteiger partial charge in [-0.3, -0.25) is 9.59 Å². The topological polar surface area (TPSA) is 136 Å². The molecule has 0 aliphatic heterocycles. The molecule has 11 heteroatoms. The number of carboxylic acid groups (broad SMARTS) is 2. The molecule has 0 aliphatic rings. The fourth-order valence-electron chi connectivity index (χ4n) is 1.80. The molecule has 0 aromatic rings. The lowest BCUT2D eigenvalue weighted by Crippen LogP contribution is -2.41. The standard InChI is InChI=1S/C15H27N3O6S2/c1-10(19)16-12(14(21)22)8-25-6-4-18(3)5-7-26-9-13(15(23)24)17-11(2)20/h12-13H,4-9H2,1-3H3,(H,16,19)(H,17,20)(H,21,22)(H,23,24)/t12-,13-/m0/s1/i4+1,5+1,6+1,7+1. The van der Waals surface area contributed by atoms with E-state index in [1.165, 1.54) is 37.4 Å². The SMILES string of the molecule is CC(=O)N[C@@H](CS[13CH2][13CH2]N(C)[13CH2][13CH2]SC[C@H](NC(C)=O)C(=O)O)C(=O)O. The predicted octanol–water partition coefficient (Wildman–Crippen LogP) is -0.437. The molecule has 0 saturated heterocycles. The molecule has 2 amide bonds. The van der Waals surface area contributed by atoms with E-state index in [9.17, 15) is 19.2 Å². The van der Waals surface area contributed by atoms with E-state index in [2.05, 4.69) is 15.5 Å². The van der Waals surface area contributed by atoms with Crippen LogP contribution in [0.1, 0.15) is 13.8 Å². The van der Waals surface area contributed by atoms with E-state index in [4.69, 9.17) is 10.2 Å².